The normalized spacial score (nSPS) is 21.2. The zero-order chi connectivity index (χ0) is 44.7. The Balaban J connectivity index is 0.000000334. The second-order valence-corrected chi connectivity index (χ2v) is 20.9. The summed E-state index contributed by atoms with van der Waals surface area (Å²) in [7, 11) is 0. The SMILES string of the molecule is C.C.C.C.Cc1cc(-c2ccc(C3CCC(C)CC3)cc2)cc(C)c1C.Cc1cc(-c2ccc(C3CCC(C)CC3)cc2F)cc(C)c1C.Cc1cc(CC2CCC(C)CC2)cc(C)c1C. The molecule has 8 rings (SSSR count). The Kier molecular flexibility index (Phi) is 23.4. The van der Waals surface area contributed by atoms with Crippen molar-refractivity contribution >= 4 is 0 Å². The van der Waals surface area contributed by atoms with E-state index in [1.54, 1.807) is 11.6 Å². The van der Waals surface area contributed by atoms with Gasteiger partial charge in [-0.15, -0.1) is 0 Å². The molecule has 1 heteroatoms. The predicted molar refractivity (Wildman–Crippen MR) is 295 cm³/mol. The van der Waals surface area contributed by atoms with Gasteiger partial charge in [-0.2, -0.15) is 0 Å². The molecule has 0 bridgehead atoms. The summed E-state index contributed by atoms with van der Waals surface area (Å²) in [6.45, 7) is 26.8. The van der Waals surface area contributed by atoms with Crippen LogP contribution in [0, 0.1) is 91.8 Å². The van der Waals surface area contributed by atoms with Gasteiger partial charge in [0.1, 0.15) is 5.82 Å². The van der Waals surface area contributed by atoms with E-state index in [0.29, 0.717) is 5.92 Å². The fraction of sp³-hybridized carbons (Fsp3) is 0.538. The molecule has 0 nitrogen and oxygen atoms in total. The maximum atomic E-state index is 14.7. The summed E-state index contributed by atoms with van der Waals surface area (Å²) >= 11 is 0. The summed E-state index contributed by atoms with van der Waals surface area (Å²) < 4.78 is 14.7. The molecule has 5 aromatic carbocycles. The van der Waals surface area contributed by atoms with Crippen LogP contribution in [0.1, 0.15) is 206 Å². The molecule has 0 saturated heterocycles. The maximum absolute atomic E-state index is 14.7. The molecule has 364 valence electrons. The summed E-state index contributed by atoms with van der Waals surface area (Å²) in [5, 5.41) is 0. The van der Waals surface area contributed by atoms with Gasteiger partial charge < -0.3 is 0 Å². The maximum Gasteiger partial charge on any atom is 0.131 e. The van der Waals surface area contributed by atoms with E-state index in [-0.39, 0.29) is 35.5 Å². The van der Waals surface area contributed by atoms with Crippen molar-refractivity contribution in [3.8, 4) is 22.3 Å². The molecule has 0 aliphatic heterocycles. The molecule has 3 fully saturated rings. The average Bonchev–Trinajstić information content (AvgIpc) is 3.25. The van der Waals surface area contributed by atoms with E-state index < -0.39 is 0 Å². The predicted octanol–water partition coefficient (Wildman–Crippen LogP) is 20.8. The highest BCUT2D eigenvalue weighted by atomic mass is 19.1. The Bertz CT molecular complexity index is 2160. The third-order valence-electron chi connectivity index (χ3n) is 16.0. The van der Waals surface area contributed by atoms with E-state index in [1.165, 1.54) is 156 Å². The second-order valence-electron chi connectivity index (χ2n) is 20.9. The van der Waals surface area contributed by atoms with Gasteiger partial charge >= 0.3 is 0 Å². The summed E-state index contributed by atoms with van der Waals surface area (Å²) in [5.74, 6) is 4.90. The topological polar surface area (TPSA) is 0 Å². The highest BCUT2D eigenvalue weighted by Gasteiger charge is 2.22. The Morgan fingerprint density at radius 3 is 1.14 bits per heavy atom. The molecule has 66 heavy (non-hydrogen) atoms. The van der Waals surface area contributed by atoms with Crippen LogP contribution in [0.5, 0.6) is 0 Å². The molecular formula is C65H97F. The first kappa shape index (κ1) is 58.2. The quantitative estimate of drug-likeness (QED) is 0.159. The van der Waals surface area contributed by atoms with E-state index in [1.807, 2.05) is 6.07 Å². The minimum Gasteiger partial charge on any atom is -0.206 e. The van der Waals surface area contributed by atoms with Crippen molar-refractivity contribution in [2.75, 3.05) is 0 Å². The first-order valence-corrected chi connectivity index (χ1v) is 24.7. The third kappa shape index (κ3) is 15.3. The standard InChI is InChI=1S/C22H27F.C22H28.C17H26.4CH4/c1-14-5-7-18(8-6-14)19-9-10-21(22(23)13-19)20-11-15(2)17(4)16(3)12-20;1-15-5-7-19(8-6-15)20-9-11-21(12-10-20)22-13-16(2)18(4)17(3)14-22;1-12-5-7-16(8-6-12)11-17-9-13(2)15(4)14(3)10-17;;;;/h9-14,18H,5-8H2,1-4H3;9-15,19H,5-8H2,1-4H3;9-10,12,16H,5-8,11H2,1-4H3;4*1H4. The van der Waals surface area contributed by atoms with Gasteiger partial charge in [-0.25, -0.2) is 4.39 Å². The number of aryl methyl sites for hydroxylation is 6. The van der Waals surface area contributed by atoms with Crippen molar-refractivity contribution in [1.82, 2.24) is 0 Å². The molecule has 0 spiro atoms. The van der Waals surface area contributed by atoms with Crippen LogP contribution in [0.4, 0.5) is 4.39 Å². The lowest BCUT2D eigenvalue weighted by Gasteiger charge is -2.26. The van der Waals surface area contributed by atoms with Crippen LogP contribution in [0.25, 0.3) is 22.3 Å². The van der Waals surface area contributed by atoms with E-state index in [2.05, 4.69) is 150 Å². The Hall–Kier alpha value is -3.97. The minimum absolute atomic E-state index is 0. The third-order valence-corrected chi connectivity index (χ3v) is 16.0. The highest BCUT2D eigenvalue weighted by Crippen LogP contribution is 2.39. The van der Waals surface area contributed by atoms with Gasteiger partial charge in [-0.1, -0.05) is 162 Å². The van der Waals surface area contributed by atoms with Gasteiger partial charge in [0.25, 0.3) is 0 Å². The van der Waals surface area contributed by atoms with Crippen LogP contribution >= 0.6 is 0 Å². The number of rotatable bonds is 6. The molecule has 3 saturated carbocycles. The van der Waals surface area contributed by atoms with Gasteiger partial charge in [0.05, 0.1) is 0 Å². The molecule has 3 aliphatic rings. The number of benzene rings is 5. The van der Waals surface area contributed by atoms with Gasteiger partial charge in [0, 0.05) is 5.56 Å². The van der Waals surface area contributed by atoms with Crippen molar-refractivity contribution < 1.29 is 4.39 Å². The van der Waals surface area contributed by atoms with E-state index in [0.717, 1.165) is 40.7 Å². The highest BCUT2D eigenvalue weighted by molar-refractivity contribution is 5.68. The van der Waals surface area contributed by atoms with Crippen LogP contribution in [0.2, 0.25) is 0 Å². The zero-order valence-corrected chi connectivity index (χ0v) is 41.0. The van der Waals surface area contributed by atoms with Crippen LogP contribution in [0.3, 0.4) is 0 Å². The van der Waals surface area contributed by atoms with Crippen molar-refractivity contribution in [3.63, 3.8) is 0 Å². The molecule has 5 aromatic rings. The first-order chi connectivity index (χ1) is 29.6. The smallest absolute Gasteiger partial charge is 0.131 e. The Morgan fingerprint density at radius 2 is 0.727 bits per heavy atom. The minimum atomic E-state index is -0.0798. The van der Waals surface area contributed by atoms with Crippen molar-refractivity contribution in [1.29, 1.82) is 0 Å². The van der Waals surface area contributed by atoms with E-state index >= 15 is 0 Å². The zero-order valence-electron chi connectivity index (χ0n) is 41.0. The fourth-order valence-corrected chi connectivity index (χ4v) is 10.7. The van der Waals surface area contributed by atoms with Crippen molar-refractivity contribution in [3.05, 3.63) is 151 Å². The van der Waals surface area contributed by atoms with Gasteiger partial charge in [-0.05, 0) is 232 Å². The molecule has 0 unspecified atom stereocenters. The van der Waals surface area contributed by atoms with Crippen LogP contribution in [0.15, 0.2) is 78.9 Å². The van der Waals surface area contributed by atoms with Crippen LogP contribution < -0.4 is 0 Å². The molecule has 3 aliphatic carbocycles. The summed E-state index contributed by atoms with van der Waals surface area (Å²) in [6, 6.07) is 28.9. The molecule has 0 heterocycles. The van der Waals surface area contributed by atoms with Gasteiger partial charge in [-0.3, -0.25) is 0 Å². The fourth-order valence-electron chi connectivity index (χ4n) is 10.7. The molecule has 0 atom stereocenters. The number of hydrogen-bond acceptors (Lipinski definition) is 0. The lowest BCUT2D eigenvalue weighted by atomic mass is 9.79. The molecule has 0 N–H and O–H groups in total. The van der Waals surface area contributed by atoms with Gasteiger partial charge in [0.2, 0.25) is 0 Å². The van der Waals surface area contributed by atoms with Crippen LogP contribution in [-0.2, 0) is 6.42 Å². The number of hydrogen-bond donors (Lipinski definition) is 0. The average molecular weight is 897 g/mol. The lowest BCUT2D eigenvalue weighted by Crippen LogP contribution is -2.14. The van der Waals surface area contributed by atoms with Crippen LogP contribution in [-0.4, -0.2) is 0 Å². The second kappa shape index (κ2) is 26.5. The lowest BCUT2D eigenvalue weighted by molar-refractivity contribution is 0.289. The van der Waals surface area contributed by atoms with Crippen molar-refractivity contribution in [2.45, 2.75) is 208 Å². The summed E-state index contributed by atoms with van der Waals surface area (Å²) in [6.07, 6.45) is 17.5. The monoisotopic (exact) mass is 897 g/mol. The Morgan fingerprint density at radius 1 is 0.379 bits per heavy atom. The molecular weight excluding hydrogens is 800 g/mol. The molecule has 0 radical (unpaired) electrons. The Labute approximate surface area is 408 Å². The first-order valence-electron chi connectivity index (χ1n) is 24.7. The van der Waals surface area contributed by atoms with E-state index in [4.69, 9.17) is 0 Å². The molecule has 0 amide bonds. The van der Waals surface area contributed by atoms with E-state index in [9.17, 15) is 4.39 Å². The number of halogens is 1. The van der Waals surface area contributed by atoms with Gasteiger partial charge in [0.15, 0.2) is 0 Å². The molecule has 0 aromatic heterocycles. The summed E-state index contributed by atoms with van der Waals surface area (Å²) in [5.41, 5.74) is 21.0. The summed E-state index contributed by atoms with van der Waals surface area (Å²) in [4.78, 5) is 0. The largest absolute Gasteiger partial charge is 0.206 e. The van der Waals surface area contributed by atoms with Crippen molar-refractivity contribution in [2.24, 2.45) is 23.7 Å².